The lowest BCUT2D eigenvalue weighted by Crippen LogP contribution is -2.26. The van der Waals surface area contributed by atoms with Crippen molar-refractivity contribution in [3.8, 4) is 11.3 Å². The molecule has 0 fully saturated rings. The highest BCUT2D eigenvalue weighted by atomic mass is 35.5. The van der Waals surface area contributed by atoms with Gasteiger partial charge in [-0.05, 0) is 30.3 Å². The molecule has 2 heterocycles. The number of nitrogen functional groups attached to an aromatic ring is 1. The molecule has 3 rings (SSSR count). The van der Waals surface area contributed by atoms with E-state index >= 15 is 0 Å². The zero-order valence-electron chi connectivity index (χ0n) is 12.3. The lowest BCUT2D eigenvalue weighted by atomic mass is 10.1. The van der Waals surface area contributed by atoms with Crippen molar-refractivity contribution in [2.75, 3.05) is 18.9 Å². The first-order valence-corrected chi connectivity index (χ1v) is 8.79. The molecule has 1 aromatic carbocycles. The number of benzene rings is 1. The van der Waals surface area contributed by atoms with E-state index in [4.69, 9.17) is 22.4 Å². The number of nitrogens with zero attached hydrogens (tertiary/aromatic N) is 2. The Balaban J connectivity index is 2.01. The molecule has 3 aromatic rings. The Kier molecular flexibility index (Phi) is 4.41. The van der Waals surface area contributed by atoms with Crippen LogP contribution >= 0.6 is 11.6 Å². The second kappa shape index (κ2) is 6.36. The molecular weight excluding hydrogens is 354 g/mol. The highest BCUT2D eigenvalue weighted by Crippen LogP contribution is 2.30. The first-order valence-electron chi connectivity index (χ1n) is 6.93. The summed E-state index contributed by atoms with van der Waals surface area (Å²) in [7, 11) is -3.73. The number of anilines is 1. The molecule has 0 saturated carbocycles. The van der Waals surface area contributed by atoms with Crippen LogP contribution in [0.15, 0.2) is 35.2 Å². The van der Waals surface area contributed by atoms with Gasteiger partial charge in [0.15, 0.2) is 5.82 Å². The van der Waals surface area contributed by atoms with Crippen LogP contribution in [0.1, 0.15) is 0 Å². The molecule has 0 aliphatic heterocycles. The normalized spacial score (nSPS) is 11.9. The van der Waals surface area contributed by atoms with Crippen LogP contribution in [-0.2, 0) is 10.0 Å². The van der Waals surface area contributed by atoms with E-state index in [2.05, 4.69) is 19.9 Å². The average Bonchev–Trinajstić information content (AvgIpc) is 2.93. The van der Waals surface area contributed by atoms with Crippen molar-refractivity contribution < 1.29 is 13.5 Å². The molecule has 0 aliphatic rings. The van der Waals surface area contributed by atoms with Gasteiger partial charge >= 0.3 is 0 Å². The van der Waals surface area contributed by atoms with Crippen LogP contribution in [0.2, 0.25) is 5.02 Å². The molecule has 0 spiro atoms. The number of hydrogen-bond acceptors (Lipinski definition) is 6. The molecule has 0 amide bonds. The molecule has 24 heavy (non-hydrogen) atoms. The fraction of sp³-hybridized carbons (Fsp3) is 0.143. The van der Waals surface area contributed by atoms with Crippen LogP contribution in [0, 0.1) is 0 Å². The van der Waals surface area contributed by atoms with Crippen LogP contribution in [-0.4, -0.2) is 41.9 Å². The molecule has 10 heteroatoms. The maximum Gasteiger partial charge on any atom is 0.240 e. The summed E-state index contributed by atoms with van der Waals surface area (Å²) in [6.45, 7) is -0.360. The number of nitrogens with two attached hydrogens (primary N) is 1. The van der Waals surface area contributed by atoms with Crippen LogP contribution in [0.4, 0.5) is 5.82 Å². The van der Waals surface area contributed by atoms with E-state index in [9.17, 15) is 8.42 Å². The highest BCUT2D eigenvalue weighted by Gasteiger charge is 2.16. The summed E-state index contributed by atoms with van der Waals surface area (Å²) >= 11 is 6.23. The summed E-state index contributed by atoms with van der Waals surface area (Å²) in [5.74, 6) is 0.273. The van der Waals surface area contributed by atoms with Gasteiger partial charge in [-0.2, -0.15) is 5.10 Å². The van der Waals surface area contributed by atoms with Crippen molar-refractivity contribution in [1.82, 2.24) is 19.9 Å². The number of aliphatic hydroxyl groups is 1. The highest BCUT2D eigenvalue weighted by molar-refractivity contribution is 7.89. The summed E-state index contributed by atoms with van der Waals surface area (Å²) in [6, 6.07) is 7.83. The molecule has 0 bridgehead atoms. The van der Waals surface area contributed by atoms with Crippen molar-refractivity contribution in [3.63, 3.8) is 0 Å². The number of sulfonamides is 1. The van der Waals surface area contributed by atoms with Gasteiger partial charge in [0.1, 0.15) is 5.52 Å². The molecule has 5 N–H and O–H groups in total. The fourth-order valence-electron chi connectivity index (χ4n) is 2.20. The van der Waals surface area contributed by atoms with Gasteiger partial charge in [0.25, 0.3) is 0 Å². The number of halogens is 1. The van der Waals surface area contributed by atoms with Crippen LogP contribution in [0.25, 0.3) is 22.3 Å². The van der Waals surface area contributed by atoms with Gasteiger partial charge in [-0.1, -0.05) is 11.6 Å². The number of aromatic amines is 1. The third-order valence-electron chi connectivity index (χ3n) is 3.37. The number of hydrogen-bond donors (Lipinski definition) is 4. The minimum absolute atomic E-state index is 0.00797. The van der Waals surface area contributed by atoms with Gasteiger partial charge < -0.3 is 10.8 Å². The predicted octanol–water partition coefficient (Wildman–Crippen LogP) is 1.13. The summed E-state index contributed by atoms with van der Waals surface area (Å²) in [6.07, 6.45) is 0. The van der Waals surface area contributed by atoms with E-state index in [1.807, 2.05) is 0 Å². The second-order valence-electron chi connectivity index (χ2n) is 4.96. The Morgan fingerprint density at radius 2 is 2.08 bits per heavy atom. The first-order chi connectivity index (χ1) is 11.4. The lowest BCUT2D eigenvalue weighted by molar-refractivity contribution is 0.301. The van der Waals surface area contributed by atoms with E-state index in [0.717, 1.165) is 0 Å². The standard InChI is InChI=1S/C14H14ClN5O3S/c15-10-7-8(24(22,23)17-5-6-21)1-2-9(10)11-3-4-12-13(18-11)14(16)20-19-12/h1-4,7,17,21H,5-6H2,(H3,16,19,20). The average molecular weight is 368 g/mol. The van der Waals surface area contributed by atoms with Crippen molar-refractivity contribution >= 4 is 38.5 Å². The van der Waals surface area contributed by atoms with E-state index in [1.165, 1.54) is 12.1 Å². The van der Waals surface area contributed by atoms with E-state index in [-0.39, 0.29) is 28.9 Å². The molecular formula is C14H14ClN5O3S. The third-order valence-corrected chi connectivity index (χ3v) is 5.14. The van der Waals surface area contributed by atoms with Gasteiger partial charge in [-0.15, -0.1) is 0 Å². The Morgan fingerprint density at radius 3 is 2.79 bits per heavy atom. The van der Waals surface area contributed by atoms with Gasteiger partial charge in [0.2, 0.25) is 10.0 Å². The zero-order chi connectivity index (χ0) is 17.3. The second-order valence-corrected chi connectivity index (χ2v) is 7.14. The quantitative estimate of drug-likeness (QED) is 0.534. The summed E-state index contributed by atoms with van der Waals surface area (Å²) in [5, 5.41) is 15.6. The fourth-order valence-corrected chi connectivity index (χ4v) is 3.59. The molecule has 0 radical (unpaired) electrons. The first kappa shape index (κ1) is 16.7. The lowest BCUT2D eigenvalue weighted by Gasteiger charge is -2.09. The predicted molar refractivity (Wildman–Crippen MR) is 91.0 cm³/mol. The summed E-state index contributed by atoms with van der Waals surface area (Å²) in [5.41, 5.74) is 8.07. The van der Waals surface area contributed by atoms with Crippen molar-refractivity contribution in [2.24, 2.45) is 0 Å². The van der Waals surface area contributed by atoms with Gasteiger partial charge in [-0.25, -0.2) is 18.1 Å². The zero-order valence-corrected chi connectivity index (χ0v) is 13.9. The topological polar surface area (TPSA) is 134 Å². The Morgan fingerprint density at radius 1 is 1.29 bits per heavy atom. The number of aromatic nitrogens is 3. The maximum absolute atomic E-state index is 12.1. The van der Waals surface area contributed by atoms with E-state index in [0.29, 0.717) is 22.3 Å². The van der Waals surface area contributed by atoms with Gasteiger partial charge in [-0.3, -0.25) is 5.10 Å². The molecule has 2 aromatic heterocycles. The van der Waals surface area contributed by atoms with Gasteiger partial charge in [0.05, 0.1) is 27.7 Å². The smallest absolute Gasteiger partial charge is 0.240 e. The number of pyridine rings is 1. The van der Waals surface area contributed by atoms with Crippen LogP contribution in [0.5, 0.6) is 0 Å². The van der Waals surface area contributed by atoms with Crippen molar-refractivity contribution in [3.05, 3.63) is 35.4 Å². The van der Waals surface area contributed by atoms with E-state index in [1.54, 1.807) is 18.2 Å². The van der Waals surface area contributed by atoms with Crippen molar-refractivity contribution in [1.29, 1.82) is 0 Å². The number of fused-ring (bicyclic) bond motifs is 1. The number of nitrogens with one attached hydrogen (secondary N) is 2. The number of rotatable bonds is 5. The monoisotopic (exact) mass is 367 g/mol. The summed E-state index contributed by atoms with van der Waals surface area (Å²) < 4.78 is 26.4. The Hall–Kier alpha value is -2.20. The SMILES string of the molecule is Nc1n[nH]c2ccc(-c3ccc(S(=O)(=O)NCCO)cc3Cl)nc12. The molecule has 0 unspecified atom stereocenters. The van der Waals surface area contributed by atoms with Crippen LogP contribution < -0.4 is 10.5 Å². The molecule has 0 aliphatic carbocycles. The Bertz CT molecular complexity index is 1000. The number of H-pyrrole nitrogens is 1. The number of aliphatic hydroxyl groups excluding tert-OH is 1. The summed E-state index contributed by atoms with van der Waals surface area (Å²) in [4.78, 5) is 4.41. The van der Waals surface area contributed by atoms with E-state index < -0.39 is 10.0 Å². The minimum atomic E-state index is -3.73. The third kappa shape index (κ3) is 3.06. The molecule has 0 saturated heterocycles. The molecule has 126 valence electrons. The Labute approximate surface area is 142 Å². The molecule has 0 atom stereocenters. The minimum Gasteiger partial charge on any atom is -0.395 e. The maximum atomic E-state index is 12.1. The van der Waals surface area contributed by atoms with Gasteiger partial charge in [0, 0.05) is 12.1 Å². The van der Waals surface area contributed by atoms with Crippen LogP contribution in [0.3, 0.4) is 0 Å². The van der Waals surface area contributed by atoms with Crippen molar-refractivity contribution in [2.45, 2.75) is 4.90 Å². The largest absolute Gasteiger partial charge is 0.395 e. The molecule has 8 nitrogen and oxygen atoms in total.